The summed E-state index contributed by atoms with van der Waals surface area (Å²) in [5.74, 6) is 0.873. The number of nitrogens with zero attached hydrogens (tertiary/aromatic N) is 1. The molecule has 1 saturated carbocycles. The zero-order valence-electron chi connectivity index (χ0n) is 12.2. The summed E-state index contributed by atoms with van der Waals surface area (Å²) >= 11 is 0. The van der Waals surface area contributed by atoms with Gasteiger partial charge in [0, 0.05) is 25.7 Å². The molecular formula is C17H26N2. The highest BCUT2D eigenvalue weighted by molar-refractivity contribution is 5.25. The van der Waals surface area contributed by atoms with Crippen LogP contribution >= 0.6 is 0 Å². The zero-order chi connectivity index (χ0) is 13.3. The lowest BCUT2D eigenvalue weighted by Gasteiger charge is -2.45. The molecule has 19 heavy (non-hydrogen) atoms. The van der Waals surface area contributed by atoms with Crippen LogP contribution < -0.4 is 5.32 Å². The van der Waals surface area contributed by atoms with Crippen LogP contribution in [0.5, 0.6) is 0 Å². The number of rotatable bonds is 2. The fraction of sp³-hybridized carbons (Fsp3) is 0.647. The number of nitrogens with one attached hydrogen (secondary N) is 1. The van der Waals surface area contributed by atoms with Crippen molar-refractivity contribution in [2.75, 3.05) is 19.6 Å². The molecule has 2 nitrogen and oxygen atoms in total. The standard InChI is InChI=1S/C17H26N2/c1-14-7-6-10-16(14)19-12-11-18-17(2,13-19)15-8-4-3-5-9-15/h3-5,8-9,14,16,18H,6-7,10-13H2,1-2H3. The van der Waals surface area contributed by atoms with Crippen LogP contribution in [0.15, 0.2) is 30.3 Å². The van der Waals surface area contributed by atoms with Crippen molar-refractivity contribution >= 4 is 0 Å². The molecule has 0 aromatic heterocycles. The van der Waals surface area contributed by atoms with E-state index < -0.39 is 0 Å². The smallest absolute Gasteiger partial charge is 0.0535 e. The van der Waals surface area contributed by atoms with E-state index in [-0.39, 0.29) is 5.54 Å². The minimum Gasteiger partial charge on any atom is -0.305 e. The fourth-order valence-electron chi connectivity index (χ4n) is 3.97. The van der Waals surface area contributed by atoms with E-state index in [0.717, 1.165) is 25.0 Å². The Morgan fingerprint density at radius 2 is 2.00 bits per heavy atom. The SMILES string of the molecule is CC1CCCC1N1CCNC(C)(c2ccccc2)C1. The maximum absolute atomic E-state index is 3.74. The molecule has 0 spiro atoms. The van der Waals surface area contributed by atoms with Crippen molar-refractivity contribution in [2.24, 2.45) is 5.92 Å². The largest absolute Gasteiger partial charge is 0.305 e. The van der Waals surface area contributed by atoms with Gasteiger partial charge in [-0.3, -0.25) is 4.90 Å². The molecule has 1 aliphatic carbocycles. The maximum Gasteiger partial charge on any atom is 0.0535 e. The summed E-state index contributed by atoms with van der Waals surface area (Å²) in [6.07, 6.45) is 4.22. The van der Waals surface area contributed by atoms with Crippen LogP contribution in [0.25, 0.3) is 0 Å². The second kappa shape index (κ2) is 5.26. The van der Waals surface area contributed by atoms with Crippen LogP contribution in [0.3, 0.4) is 0 Å². The molecule has 2 fully saturated rings. The van der Waals surface area contributed by atoms with Gasteiger partial charge in [-0.1, -0.05) is 43.7 Å². The van der Waals surface area contributed by atoms with Gasteiger partial charge < -0.3 is 5.32 Å². The average molecular weight is 258 g/mol. The molecule has 1 heterocycles. The van der Waals surface area contributed by atoms with Gasteiger partial charge in [-0.25, -0.2) is 0 Å². The van der Waals surface area contributed by atoms with E-state index in [4.69, 9.17) is 0 Å². The first-order valence-corrected chi connectivity index (χ1v) is 7.74. The molecule has 1 saturated heterocycles. The van der Waals surface area contributed by atoms with E-state index in [9.17, 15) is 0 Å². The Balaban J connectivity index is 1.77. The molecule has 1 aliphatic heterocycles. The lowest BCUT2D eigenvalue weighted by Crippen LogP contribution is -2.59. The second-order valence-corrected chi connectivity index (χ2v) is 6.57. The second-order valence-electron chi connectivity index (χ2n) is 6.57. The summed E-state index contributed by atoms with van der Waals surface area (Å²) in [6.45, 7) is 8.24. The van der Waals surface area contributed by atoms with Gasteiger partial charge in [0.05, 0.1) is 5.54 Å². The van der Waals surface area contributed by atoms with E-state index >= 15 is 0 Å². The average Bonchev–Trinajstić information content (AvgIpc) is 2.86. The first-order valence-electron chi connectivity index (χ1n) is 7.74. The van der Waals surface area contributed by atoms with E-state index in [1.807, 2.05) is 0 Å². The summed E-state index contributed by atoms with van der Waals surface area (Å²) in [6, 6.07) is 11.7. The molecule has 2 aliphatic rings. The first kappa shape index (κ1) is 13.1. The summed E-state index contributed by atoms with van der Waals surface area (Å²) in [5.41, 5.74) is 1.53. The van der Waals surface area contributed by atoms with Crippen LogP contribution in [-0.4, -0.2) is 30.6 Å². The normalized spacial score (nSPS) is 36.5. The van der Waals surface area contributed by atoms with Crippen molar-refractivity contribution < 1.29 is 0 Å². The third-order valence-electron chi connectivity index (χ3n) is 5.13. The Morgan fingerprint density at radius 3 is 2.68 bits per heavy atom. The van der Waals surface area contributed by atoms with Crippen LogP contribution in [-0.2, 0) is 5.54 Å². The lowest BCUT2D eigenvalue weighted by atomic mass is 9.88. The topological polar surface area (TPSA) is 15.3 Å². The zero-order valence-corrected chi connectivity index (χ0v) is 12.2. The van der Waals surface area contributed by atoms with Crippen LogP contribution in [0.1, 0.15) is 38.7 Å². The molecule has 2 heteroatoms. The Bertz CT molecular complexity index is 417. The molecule has 1 aromatic carbocycles. The van der Waals surface area contributed by atoms with E-state index in [1.54, 1.807) is 0 Å². The van der Waals surface area contributed by atoms with Crippen molar-refractivity contribution in [1.29, 1.82) is 0 Å². The van der Waals surface area contributed by atoms with Gasteiger partial charge in [0.2, 0.25) is 0 Å². The summed E-state index contributed by atoms with van der Waals surface area (Å²) in [5, 5.41) is 3.74. The Hall–Kier alpha value is -0.860. The van der Waals surface area contributed by atoms with Gasteiger partial charge >= 0.3 is 0 Å². The lowest BCUT2D eigenvalue weighted by molar-refractivity contribution is 0.0838. The highest BCUT2D eigenvalue weighted by Gasteiger charge is 2.37. The minimum atomic E-state index is 0.113. The van der Waals surface area contributed by atoms with Gasteiger partial charge in [0.25, 0.3) is 0 Å². The van der Waals surface area contributed by atoms with Gasteiger partial charge in [-0.05, 0) is 31.2 Å². The van der Waals surface area contributed by atoms with Crippen molar-refractivity contribution in [2.45, 2.75) is 44.7 Å². The third kappa shape index (κ3) is 2.56. The molecule has 0 amide bonds. The Labute approximate surface area is 117 Å². The molecule has 3 atom stereocenters. The highest BCUT2D eigenvalue weighted by atomic mass is 15.2. The Morgan fingerprint density at radius 1 is 1.21 bits per heavy atom. The monoisotopic (exact) mass is 258 g/mol. The van der Waals surface area contributed by atoms with Crippen molar-refractivity contribution in [3.63, 3.8) is 0 Å². The van der Waals surface area contributed by atoms with E-state index in [0.29, 0.717) is 0 Å². The quantitative estimate of drug-likeness (QED) is 0.877. The molecule has 0 radical (unpaired) electrons. The van der Waals surface area contributed by atoms with Crippen molar-refractivity contribution in [3.05, 3.63) is 35.9 Å². The third-order valence-corrected chi connectivity index (χ3v) is 5.13. The summed E-state index contributed by atoms with van der Waals surface area (Å²) < 4.78 is 0. The highest BCUT2D eigenvalue weighted by Crippen LogP contribution is 2.33. The number of piperazine rings is 1. The maximum atomic E-state index is 3.74. The molecule has 1 N–H and O–H groups in total. The minimum absolute atomic E-state index is 0.113. The number of hydrogen-bond acceptors (Lipinski definition) is 2. The first-order chi connectivity index (χ1) is 9.19. The molecule has 104 valence electrons. The van der Waals surface area contributed by atoms with Crippen molar-refractivity contribution in [3.8, 4) is 0 Å². The Kier molecular flexibility index (Phi) is 3.64. The number of benzene rings is 1. The van der Waals surface area contributed by atoms with Gasteiger partial charge in [-0.2, -0.15) is 0 Å². The molecule has 1 aromatic rings. The summed E-state index contributed by atoms with van der Waals surface area (Å²) in [7, 11) is 0. The van der Waals surface area contributed by atoms with Crippen LogP contribution in [0.4, 0.5) is 0 Å². The van der Waals surface area contributed by atoms with E-state index in [1.165, 1.54) is 31.4 Å². The van der Waals surface area contributed by atoms with Gasteiger partial charge in [-0.15, -0.1) is 0 Å². The number of hydrogen-bond donors (Lipinski definition) is 1. The predicted molar refractivity (Wildman–Crippen MR) is 80.2 cm³/mol. The fourth-order valence-corrected chi connectivity index (χ4v) is 3.97. The van der Waals surface area contributed by atoms with Crippen LogP contribution in [0, 0.1) is 5.92 Å². The van der Waals surface area contributed by atoms with Crippen molar-refractivity contribution in [1.82, 2.24) is 10.2 Å². The molecular weight excluding hydrogens is 232 g/mol. The van der Waals surface area contributed by atoms with Crippen LogP contribution in [0.2, 0.25) is 0 Å². The summed E-state index contributed by atoms with van der Waals surface area (Å²) in [4.78, 5) is 2.74. The molecule has 3 unspecified atom stereocenters. The van der Waals surface area contributed by atoms with Gasteiger partial charge in [0.1, 0.15) is 0 Å². The van der Waals surface area contributed by atoms with Gasteiger partial charge in [0.15, 0.2) is 0 Å². The molecule has 0 bridgehead atoms. The predicted octanol–water partition coefficient (Wildman–Crippen LogP) is 3.00. The van der Waals surface area contributed by atoms with E-state index in [2.05, 4.69) is 54.4 Å². The molecule has 3 rings (SSSR count).